The van der Waals surface area contributed by atoms with Crippen molar-refractivity contribution < 1.29 is 4.74 Å². The van der Waals surface area contributed by atoms with Gasteiger partial charge in [-0.3, -0.25) is 4.99 Å². The number of rotatable bonds is 6. The Kier molecular flexibility index (Phi) is 5.36. The van der Waals surface area contributed by atoms with Crippen molar-refractivity contribution in [3.8, 4) is 5.75 Å². The second kappa shape index (κ2) is 7.86. The average Bonchev–Trinajstić information content (AvgIpc) is 3.33. The van der Waals surface area contributed by atoms with Crippen LogP contribution in [0.2, 0.25) is 0 Å². The summed E-state index contributed by atoms with van der Waals surface area (Å²) in [7, 11) is 1.81. The predicted molar refractivity (Wildman–Crippen MR) is 98.1 cm³/mol. The van der Waals surface area contributed by atoms with Gasteiger partial charge in [0.1, 0.15) is 12.4 Å². The van der Waals surface area contributed by atoms with Crippen LogP contribution in [-0.2, 0) is 13.2 Å². The molecule has 0 aromatic heterocycles. The Balaban J connectivity index is 1.45. The van der Waals surface area contributed by atoms with E-state index in [0.29, 0.717) is 12.6 Å². The molecule has 0 amide bonds. The Morgan fingerprint density at radius 1 is 1.08 bits per heavy atom. The minimum atomic E-state index is 0.574. The molecule has 0 bridgehead atoms. The van der Waals surface area contributed by atoms with Crippen LogP contribution in [0, 0.1) is 5.92 Å². The molecule has 1 fully saturated rings. The van der Waals surface area contributed by atoms with Crippen LogP contribution in [0.15, 0.2) is 59.6 Å². The predicted octanol–water partition coefficient (Wildman–Crippen LogP) is 3.34. The molecule has 0 saturated heterocycles. The molecule has 0 aliphatic heterocycles. The summed E-state index contributed by atoms with van der Waals surface area (Å²) in [6.45, 7) is 3.59. The highest BCUT2D eigenvalue weighted by Gasteiger charge is 2.33. The summed E-state index contributed by atoms with van der Waals surface area (Å²) in [5.41, 5.74) is 2.38. The Morgan fingerprint density at radius 3 is 2.42 bits per heavy atom. The highest BCUT2D eigenvalue weighted by Crippen LogP contribution is 2.28. The van der Waals surface area contributed by atoms with Crippen LogP contribution in [0.4, 0.5) is 0 Å². The lowest BCUT2D eigenvalue weighted by atomic mass is 10.2. The maximum Gasteiger partial charge on any atom is 0.191 e. The first-order valence-electron chi connectivity index (χ1n) is 8.47. The molecule has 2 unspecified atom stereocenters. The summed E-state index contributed by atoms with van der Waals surface area (Å²) >= 11 is 0. The first-order chi connectivity index (χ1) is 11.7. The van der Waals surface area contributed by atoms with E-state index >= 15 is 0 Å². The van der Waals surface area contributed by atoms with Crippen molar-refractivity contribution in [2.75, 3.05) is 7.05 Å². The largest absolute Gasteiger partial charge is 0.489 e. The summed E-state index contributed by atoms with van der Waals surface area (Å²) in [6, 6.07) is 19.0. The molecule has 2 atom stereocenters. The van der Waals surface area contributed by atoms with Crippen LogP contribution in [0.1, 0.15) is 24.5 Å². The van der Waals surface area contributed by atoms with E-state index < -0.39 is 0 Å². The van der Waals surface area contributed by atoms with E-state index in [9.17, 15) is 0 Å². The first kappa shape index (κ1) is 16.4. The number of ether oxygens (including phenoxy) is 1. The molecular weight excluding hydrogens is 298 g/mol. The molecule has 2 N–H and O–H groups in total. The quantitative estimate of drug-likeness (QED) is 0.633. The normalized spacial score (nSPS) is 19.7. The van der Waals surface area contributed by atoms with Crippen LogP contribution in [-0.4, -0.2) is 19.0 Å². The zero-order valence-corrected chi connectivity index (χ0v) is 14.3. The van der Waals surface area contributed by atoms with Crippen LogP contribution in [0.3, 0.4) is 0 Å². The Bertz CT molecular complexity index is 667. The lowest BCUT2D eigenvalue weighted by molar-refractivity contribution is 0.306. The van der Waals surface area contributed by atoms with Gasteiger partial charge in [0.05, 0.1) is 0 Å². The smallest absolute Gasteiger partial charge is 0.191 e. The second-order valence-corrected chi connectivity index (χ2v) is 6.31. The third kappa shape index (κ3) is 4.75. The zero-order chi connectivity index (χ0) is 16.8. The van der Waals surface area contributed by atoms with Crippen molar-refractivity contribution in [3.05, 3.63) is 65.7 Å². The van der Waals surface area contributed by atoms with Crippen molar-refractivity contribution in [1.29, 1.82) is 0 Å². The number of guanidine groups is 1. The van der Waals surface area contributed by atoms with E-state index in [-0.39, 0.29) is 0 Å². The highest BCUT2D eigenvalue weighted by atomic mass is 16.5. The van der Waals surface area contributed by atoms with Gasteiger partial charge >= 0.3 is 0 Å². The molecule has 126 valence electrons. The minimum absolute atomic E-state index is 0.574. The number of aliphatic imine (C=N–C) groups is 1. The van der Waals surface area contributed by atoms with Crippen molar-refractivity contribution in [2.45, 2.75) is 32.5 Å². The van der Waals surface area contributed by atoms with E-state index in [2.05, 4.69) is 46.8 Å². The monoisotopic (exact) mass is 323 g/mol. The molecule has 0 heterocycles. The summed E-state index contributed by atoms with van der Waals surface area (Å²) in [5.74, 6) is 2.51. The van der Waals surface area contributed by atoms with E-state index in [1.54, 1.807) is 0 Å². The lowest BCUT2D eigenvalue weighted by Crippen LogP contribution is -2.38. The van der Waals surface area contributed by atoms with E-state index in [1.165, 1.54) is 17.5 Å². The fourth-order valence-electron chi connectivity index (χ4n) is 2.52. The van der Waals surface area contributed by atoms with Gasteiger partial charge in [-0.1, -0.05) is 49.4 Å². The zero-order valence-electron chi connectivity index (χ0n) is 14.3. The maximum atomic E-state index is 5.81. The van der Waals surface area contributed by atoms with Gasteiger partial charge in [-0.05, 0) is 35.6 Å². The third-order valence-electron chi connectivity index (χ3n) is 4.29. The maximum absolute atomic E-state index is 5.81. The highest BCUT2D eigenvalue weighted by molar-refractivity contribution is 5.80. The van der Waals surface area contributed by atoms with Crippen molar-refractivity contribution in [2.24, 2.45) is 10.9 Å². The SMILES string of the molecule is CN=C(NCc1ccc(OCc2ccccc2)cc1)NC1CC1C. The summed E-state index contributed by atoms with van der Waals surface area (Å²) in [4.78, 5) is 4.27. The number of nitrogens with one attached hydrogen (secondary N) is 2. The molecule has 24 heavy (non-hydrogen) atoms. The van der Waals surface area contributed by atoms with Gasteiger partial charge in [-0.25, -0.2) is 0 Å². The van der Waals surface area contributed by atoms with Gasteiger partial charge < -0.3 is 15.4 Å². The molecule has 4 heteroatoms. The Hall–Kier alpha value is -2.49. The van der Waals surface area contributed by atoms with Gasteiger partial charge in [-0.15, -0.1) is 0 Å². The topological polar surface area (TPSA) is 45.7 Å². The second-order valence-electron chi connectivity index (χ2n) is 6.31. The minimum Gasteiger partial charge on any atom is -0.489 e. The van der Waals surface area contributed by atoms with Crippen molar-refractivity contribution >= 4 is 5.96 Å². The van der Waals surface area contributed by atoms with Crippen LogP contribution >= 0.6 is 0 Å². The molecule has 2 aromatic rings. The van der Waals surface area contributed by atoms with Gasteiger partial charge in [0.25, 0.3) is 0 Å². The van der Waals surface area contributed by atoms with Gasteiger partial charge in [0.15, 0.2) is 5.96 Å². The molecule has 0 spiro atoms. The standard InChI is InChI=1S/C20H25N3O/c1-15-12-19(15)23-20(21-2)22-13-16-8-10-18(11-9-16)24-14-17-6-4-3-5-7-17/h3-11,15,19H,12-14H2,1-2H3,(H2,21,22,23). The van der Waals surface area contributed by atoms with Gasteiger partial charge in [0, 0.05) is 19.6 Å². The van der Waals surface area contributed by atoms with E-state index in [0.717, 1.165) is 24.2 Å². The molecule has 2 aromatic carbocycles. The first-order valence-corrected chi connectivity index (χ1v) is 8.47. The fraction of sp³-hybridized carbons (Fsp3) is 0.350. The van der Waals surface area contributed by atoms with E-state index in [1.807, 2.05) is 37.4 Å². The molecule has 1 saturated carbocycles. The summed E-state index contributed by atoms with van der Waals surface area (Å²) in [5, 5.41) is 6.78. The Morgan fingerprint density at radius 2 is 1.79 bits per heavy atom. The Labute approximate surface area is 144 Å². The van der Waals surface area contributed by atoms with E-state index in [4.69, 9.17) is 4.74 Å². The molecule has 1 aliphatic rings. The molecule has 3 rings (SSSR count). The van der Waals surface area contributed by atoms with Gasteiger partial charge in [0.2, 0.25) is 0 Å². The number of benzene rings is 2. The van der Waals surface area contributed by atoms with Crippen LogP contribution in [0.5, 0.6) is 5.75 Å². The molecule has 1 aliphatic carbocycles. The van der Waals surface area contributed by atoms with Crippen LogP contribution in [0.25, 0.3) is 0 Å². The molecular formula is C20H25N3O. The third-order valence-corrected chi connectivity index (χ3v) is 4.29. The lowest BCUT2D eigenvalue weighted by Gasteiger charge is -2.12. The van der Waals surface area contributed by atoms with Gasteiger partial charge in [-0.2, -0.15) is 0 Å². The molecule has 0 radical (unpaired) electrons. The fourth-order valence-corrected chi connectivity index (χ4v) is 2.52. The molecule has 4 nitrogen and oxygen atoms in total. The summed E-state index contributed by atoms with van der Waals surface area (Å²) < 4.78 is 5.81. The average molecular weight is 323 g/mol. The number of hydrogen-bond acceptors (Lipinski definition) is 2. The van der Waals surface area contributed by atoms with Crippen molar-refractivity contribution in [1.82, 2.24) is 10.6 Å². The number of hydrogen-bond donors (Lipinski definition) is 2. The van der Waals surface area contributed by atoms with Crippen molar-refractivity contribution in [3.63, 3.8) is 0 Å². The summed E-state index contributed by atoms with van der Waals surface area (Å²) in [6.07, 6.45) is 1.23. The number of nitrogens with zero attached hydrogens (tertiary/aromatic N) is 1. The van der Waals surface area contributed by atoms with Crippen LogP contribution < -0.4 is 15.4 Å².